The molecule has 0 saturated carbocycles. The van der Waals surface area contributed by atoms with E-state index < -0.39 is 11.6 Å². The van der Waals surface area contributed by atoms with Crippen LogP contribution in [0.3, 0.4) is 0 Å². The fraction of sp³-hybridized carbons (Fsp3) is 0.182. The quantitative estimate of drug-likeness (QED) is 0.642. The van der Waals surface area contributed by atoms with Gasteiger partial charge < -0.3 is 10.2 Å². The molecule has 0 spiro atoms. The van der Waals surface area contributed by atoms with Crippen molar-refractivity contribution in [2.24, 2.45) is 0 Å². The third-order valence-corrected chi connectivity index (χ3v) is 4.27. The lowest BCUT2D eigenvalue weighted by molar-refractivity contribution is 0.0690. The lowest BCUT2D eigenvalue weighted by atomic mass is 10.1. The molecule has 144 valence electrons. The van der Waals surface area contributed by atoms with Crippen molar-refractivity contribution in [1.82, 2.24) is 9.88 Å². The van der Waals surface area contributed by atoms with Crippen LogP contribution in [0.2, 0.25) is 0 Å². The number of nitrogens with zero attached hydrogens (tertiary/aromatic N) is 2. The van der Waals surface area contributed by atoms with Crippen molar-refractivity contribution in [2.45, 2.75) is 26.4 Å². The fourth-order valence-corrected chi connectivity index (χ4v) is 2.80. The lowest BCUT2D eigenvalue weighted by Gasteiger charge is -2.27. The Balaban J connectivity index is 1.80. The molecule has 3 rings (SSSR count). The highest BCUT2D eigenvalue weighted by molar-refractivity contribution is 5.95. The van der Waals surface area contributed by atoms with Gasteiger partial charge in [-0.05, 0) is 37.6 Å². The SMILES string of the molecule is CC(C)N(Cc1ccccc1)C(=O)c1cncc(Nc2ccc(F)c(F)c2)c1. The minimum atomic E-state index is -0.945. The highest BCUT2D eigenvalue weighted by atomic mass is 19.2. The largest absolute Gasteiger partial charge is 0.354 e. The van der Waals surface area contributed by atoms with Crippen molar-refractivity contribution in [2.75, 3.05) is 5.32 Å². The van der Waals surface area contributed by atoms with Gasteiger partial charge in [-0.3, -0.25) is 9.78 Å². The zero-order valence-electron chi connectivity index (χ0n) is 15.7. The molecular formula is C22H21F2N3O. The Bertz CT molecular complexity index is 961. The normalized spacial score (nSPS) is 10.8. The Labute approximate surface area is 162 Å². The van der Waals surface area contributed by atoms with E-state index in [1.54, 1.807) is 11.0 Å². The van der Waals surface area contributed by atoms with E-state index in [9.17, 15) is 13.6 Å². The van der Waals surface area contributed by atoms with Gasteiger partial charge >= 0.3 is 0 Å². The average molecular weight is 381 g/mol. The van der Waals surface area contributed by atoms with Crippen LogP contribution in [-0.4, -0.2) is 21.8 Å². The molecule has 1 aromatic heterocycles. The number of halogens is 2. The van der Waals surface area contributed by atoms with Crippen molar-refractivity contribution in [3.8, 4) is 0 Å². The lowest BCUT2D eigenvalue weighted by Crippen LogP contribution is -2.36. The van der Waals surface area contributed by atoms with Gasteiger partial charge in [0.05, 0.1) is 17.4 Å². The predicted molar refractivity (Wildman–Crippen MR) is 105 cm³/mol. The molecule has 4 nitrogen and oxygen atoms in total. The van der Waals surface area contributed by atoms with Gasteiger partial charge in [0, 0.05) is 30.5 Å². The van der Waals surface area contributed by atoms with Crippen LogP contribution >= 0.6 is 0 Å². The Morgan fingerprint density at radius 2 is 1.75 bits per heavy atom. The van der Waals surface area contributed by atoms with Crippen LogP contribution in [-0.2, 0) is 6.54 Å². The number of benzene rings is 2. The smallest absolute Gasteiger partial charge is 0.256 e. The number of carbonyl (C=O) groups is 1. The summed E-state index contributed by atoms with van der Waals surface area (Å²) >= 11 is 0. The van der Waals surface area contributed by atoms with E-state index in [1.807, 2.05) is 44.2 Å². The Hall–Kier alpha value is -3.28. The number of anilines is 2. The van der Waals surface area contributed by atoms with E-state index in [0.29, 0.717) is 23.5 Å². The van der Waals surface area contributed by atoms with E-state index in [-0.39, 0.29) is 11.9 Å². The van der Waals surface area contributed by atoms with Crippen molar-refractivity contribution in [1.29, 1.82) is 0 Å². The average Bonchev–Trinajstić information content (AvgIpc) is 2.69. The topological polar surface area (TPSA) is 45.2 Å². The Morgan fingerprint density at radius 1 is 1.00 bits per heavy atom. The van der Waals surface area contributed by atoms with Gasteiger partial charge in [0.25, 0.3) is 5.91 Å². The minimum absolute atomic E-state index is 0.00415. The molecule has 2 aromatic carbocycles. The number of nitrogens with one attached hydrogen (secondary N) is 1. The molecule has 28 heavy (non-hydrogen) atoms. The first-order valence-corrected chi connectivity index (χ1v) is 8.96. The number of rotatable bonds is 6. The second kappa shape index (κ2) is 8.61. The molecule has 0 aliphatic rings. The summed E-state index contributed by atoms with van der Waals surface area (Å²) in [6.07, 6.45) is 3.02. The first kappa shape index (κ1) is 19.5. The number of hydrogen-bond donors (Lipinski definition) is 1. The van der Waals surface area contributed by atoms with Gasteiger partial charge in [-0.2, -0.15) is 0 Å². The monoisotopic (exact) mass is 381 g/mol. The van der Waals surface area contributed by atoms with Gasteiger partial charge in [-0.25, -0.2) is 8.78 Å². The number of pyridine rings is 1. The number of hydrogen-bond acceptors (Lipinski definition) is 3. The molecule has 0 fully saturated rings. The van der Waals surface area contributed by atoms with Crippen molar-refractivity contribution < 1.29 is 13.6 Å². The van der Waals surface area contributed by atoms with Crippen LogP contribution in [0.15, 0.2) is 67.0 Å². The standard InChI is InChI=1S/C22H21F2N3O/c1-15(2)27(14-16-6-4-3-5-7-16)22(28)17-10-19(13-25-12-17)26-18-8-9-20(23)21(24)11-18/h3-13,15,26H,14H2,1-2H3. The zero-order chi connectivity index (χ0) is 20.1. The molecule has 0 radical (unpaired) electrons. The van der Waals surface area contributed by atoms with Crippen LogP contribution in [0.25, 0.3) is 0 Å². The van der Waals surface area contributed by atoms with Gasteiger partial charge in [0.15, 0.2) is 11.6 Å². The second-order valence-electron chi connectivity index (χ2n) is 6.73. The Kier molecular flexibility index (Phi) is 5.99. The van der Waals surface area contributed by atoms with Crippen LogP contribution in [0.4, 0.5) is 20.2 Å². The molecule has 1 N–H and O–H groups in total. The van der Waals surface area contributed by atoms with Crippen molar-refractivity contribution in [3.05, 3.63) is 89.8 Å². The number of aromatic nitrogens is 1. The number of amides is 1. The van der Waals surface area contributed by atoms with E-state index in [4.69, 9.17) is 0 Å². The van der Waals surface area contributed by atoms with Crippen molar-refractivity contribution in [3.63, 3.8) is 0 Å². The minimum Gasteiger partial charge on any atom is -0.354 e. The predicted octanol–water partition coefficient (Wildman–Crippen LogP) is 5.15. The molecule has 0 aliphatic carbocycles. The summed E-state index contributed by atoms with van der Waals surface area (Å²) in [6.45, 7) is 4.40. The van der Waals surface area contributed by atoms with Gasteiger partial charge in [0.1, 0.15) is 0 Å². The highest BCUT2D eigenvalue weighted by Crippen LogP contribution is 2.20. The van der Waals surface area contributed by atoms with E-state index in [1.165, 1.54) is 18.5 Å². The third-order valence-electron chi connectivity index (χ3n) is 4.27. The maximum atomic E-state index is 13.4. The second-order valence-corrected chi connectivity index (χ2v) is 6.73. The van der Waals surface area contributed by atoms with Gasteiger partial charge in [-0.1, -0.05) is 30.3 Å². The van der Waals surface area contributed by atoms with Crippen LogP contribution in [0.1, 0.15) is 29.8 Å². The molecule has 0 aliphatic heterocycles. The van der Waals surface area contributed by atoms with E-state index in [0.717, 1.165) is 17.7 Å². The molecule has 1 amide bonds. The van der Waals surface area contributed by atoms with Crippen molar-refractivity contribution >= 4 is 17.3 Å². The van der Waals surface area contributed by atoms with Gasteiger partial charge in [0.2, 0.25) is 0 Å². The van der Waals surface area contributed by atoms with Gasteiger partial charge in [-0.15, -0.1) is 0 Å². The molecule has 1 heterocycles. The fourth-order valence-electron chi connectivity index (χ4n) is 2.80. The summed E-state index contributed by atoms with van der Waals surface area (Å²) < 4.78 is 26.5. The summed E-state index contributed by atoms with van der Waals surface area (Å²) in [5, 5.41) is 2.95. The maximum absolute atomic E-state index is 13.4. The maximum Gasteiger partial charge on any atom is 0.256 e. The molecule has 0 atom stereocenters. The zero-order valence-corrected chi connectivity index (χ0v) is 15.7. The molecular weight excluding hydrogens is 360 g/mol. The highest BCUT2D eigenvalue weighted by Gasteiger charge is 2.20. The Morgan fingerprint density at radius 3 is 2.43 bits per heavy atom. The summed E-state index contributed by atoms with van der Waals surface area (Å²) in [7, 11) is 0. The first-order valence-electron chi connectivity index (χ1n) is 8.96. The molecule has 0 bridgehead atoms. The third kappa shape index (κ3) is 4.71. The summed E-state index contributed by atoms with van der Waals surface area (Å²) in [5.41, 5.74) is 2.33. The summed E-state index contributed by atoms with van der Waals surface area (Å²) in [5.74, 6) is -2.01. The first-order chi connectivity index (χ1) is 13.4. The van der Waals surface area contributed by atoms with E-state index >= 15 is 0 Å². The molecule has 6 heteroatoms. The van der Waals surface area contributed by atoms with Crippen LogP contribution < -0.4 is 5.32 Å². The molecule has 0 unspecified atom stereocenters. The van der Waals surface area contributed by atoms with Crippen LogP contribution in [0.5, 0.6) is 0 Å². The van der Waals surface area contributed by atoms with Crippen LogP contribution in [0, 0.1) is 11.6 Å². The number of carbonyl (C=O) groups excluding carboxylic acids is 1. The molecule has 0 saturated heterocycles. The summed E-state index contributed by atoms with van der Waals surface area (Å²) in [4.78, 5) is 18.9. The van der Waals surface area contributed by atoms with E-state index in [2.05, 4.69) is 10.3 Å². The molecule has 3 aromatic rings. The summed E-state index contributed by atoms with van der Waals surface area (Å²) in [6, 6.07) is 14.9.